The highest BCUT2D eigenvalue weighted by atomic mass is 16.2. The fourth-order valence-electron chi connectivity index (χ4n) is 2.20. The molecule has 0 saturated heterocycles. The predicted molar refractivity (Wildman–Crippen MR) is 80.3 cm³/mol. The van der Waals surface area contributed by atoms with Crippen molar-refractivity contribution >= 4 is 11.6 Å². The summed E-state index contributed by atoms with van der Waals surface area (Å²) < 4.78 is 0. The number of aryl methyl sites for hydroxylation is 2. The third kappa shape index (κ3) is 2.96. The Morgan fingerprint density at radius 1 is 1.20 bits per heavy atom. The van der Waals surface area contributed by atoms with Gasteiger partial charge in [0.1, 0.15) is 0 Å². The SMILES string of the molecule is CCN(C(=O)c1cc(C)[nH]c(=O)c1)c1cccc(C)c1. The summed E-state index contributed by atoms with van der Waals surface area (Å²) in [5, 5.41) is 0. The standard InChI is InChI=1S/C16H18N2O2/c1-4-18(14-7-5-6-11(2)8-14)16(20)13-9-12(3)17-15(19)10-13/h5-10H,4H2,1-3H3,(H,17,19). The molecule has 4 heteroatoms. The Hall–Kier alpha value is -2.36. The van der Waals surface area contributed by atoms with Crippen LogP contribution in [0.3, 0.4) is 0 Å². The van der Waals surface area contributed by atoms with E-state index >= 15 is 0 Å². The lowest BCUT2D eigenvalue weighted by molar-refractivity contribution is 0.0988. The molecule has 1 aromatic heterocycles. The molecule has 0 aliphatic carbocycles. The number of carbonyl (C=O) groups excluding carboxylic acids is 1. The molecule has 0 aliphatic heterocycles. The molecule has 2 rings (SSSR count). The minimum Gasteiger partial charge on any atom is -0.326 e. The Labute approximate surface area is 118 Å². The second-order valence-corrected chi connectivity index (χ2v) is 4.80. The molecule has 0 fully saturated rings. The molecule has 0 radical (unpaired) electrons. The highest BCUT2D eigenvalue weighted by Gasteiger charge is 2.16. The second-order valence-electron chi connectivity index (χ2n) is 4.80. The Bertz CT molecular complexity index is 689. The number of nitrogens with zero attached hydrogens (tertiary/aromatic N) is 1. The number of aromatic amines is 1. The first-order valence-corrected chi connectivity index (χ1v) is 6.60. The van der Waals surface area contributed by atoms with Crippen LogP contribution in [0.4, 0.5) is 5.69 Å². The molecule has 0 spiro atoms. The fourth-order valence-corrected chi connectivity index (χ4v) is 2.20. The number of carbonyl (C=O) groups is 1. The van der Waals surface area contributed by atoms with Crippen molar-refractivity contribution in [2.45, 2.75) is 20.8 Å². The van der Waals surface area contributed by atoms with Crippen molar-refractivity contribution in [3.8, 4) is 0 Å². The summed E-state index contributed by atoms with van der Waals surface area (Å²) in [5.41, 5.74) is 2.77. The van der Waals surface area contributed by atoms with Crippen molar-refractivity contribution in [2.75, 3.05) is 11.4 Å². The molecule has 0 saturated carbocycles. The summed E-state index contributed by atoms with van der Waals surface area (Å²) in [6.45, 7) is 6.22. The second kappa shape index (κ2) is 5.74. The molecule has 1 amide bonds. The smallest absolute Gasteiger partial charge is 0.258 e. The van der Waals surface area contributed by atoms with Gasteiger partial charge in [0.05, 0.1) is 0 Å². The van der Waals surface area contributed by atoms with Crippen LogP contribution in [0.5, 0.6) is 0 Å². The summed E-state index contributed by atoms with van der Waals surface area (Å²) >= 11 is 0. The molecular formula is C16H18N2O2. The number of anilines is 1. The van der Waals surface area contributed by atoms with Crippen molar-refractivity contribution in [1.29, 1.82) is 0 Å². The summed E-state index contributed by atoms with van der Waals surface area (Å²) in [6, 6.07) is 10.8. The topological polar surface area (TPSA) is 53.2 Å². The highest BCUT2D eigenvalue weighted by Crippen LogP contribution is 2.18. The van der Waals surface area contributed by atoms with Gasteiger partial charge in [0.2, 0.25) is 5.56 Å². The number of hydrogen-bond donors (Lipinski definition) is 1. The van der Waals surface area contributed by atoms with Gasteiger partial charge in [-0.15, -0.1) is 0 Å². The van der Waals surface area contributed by atoms with E-state index in [2.05, 4.69) is 4.98 Å². The van der Waals surface area contributed by atoms with Crippen LogP contribution in [0.2, 0.25) is 0 Å². The van der Waals surface area contributed by atoms with Gasteiger partial charge in [-0.3, -0.25) is 9.59 Å². The van der Waals surface area contributed by atoms with Gasteiger partial charge in [-0.2, -0.15) is 0 Å². The van der Waals surface area contributed by atoms with Crippen molar-refractivity contribution in [3.63, 3.8) is 0 Å². The summed E-state index contributed by atoms with van der Waals surface area (Å²) in [6.07, 6.45) is 0. The normalized spacial score (nSPS) is 10.3. The maximum atomic E-state index is 12.6. The maximum Gasteiger partial charge on any atom is 0.258 e. The summed E-state index contributed by atoms with van der Waals surface area (Å²) in [7, 11) is 0. The molecule has 104 valence electrons. The summed E-state index contributed by atoms with van der Waals surface area (Å²) in [4.78, 5) is 28.4. The zero-order chi connectivity index (χ0) is 14.7. The first-order chi connectivity index (χ1) is 9.51. The van der Waals surface area contributed by atoms with Gasteiger partial charge < -0.3 is 9.88 Å². The summed E-state index contributed by atoms with van der Waals surface area (Å²) in [5.74, 6) is -0.160. The first kappa shape index (κ1) is 14.1. The van der Waals surface area contributed by atoms with Crippen molar-refractivity contribution in [1.82, 2.24) is 4.98 Å². The van der Waals surface area contributed by atoms with E-state index in [1.807, 2.05) is 38.1 Å². The zero-order valence-electron chi connectivity index (χ0n) is 11.9. The quantitative estimate of drug-likeness (QED) is 0.932. The molecule has 20 heavy (non-hydrogen) atoms. The molecule has 1 aromatic carbocycles. The first-order valence-electron chi connectivity index (χ1n) is 6.60. The number of nitrogens with one attached hydrogen (secondary N) is 1. The number of pyridine rings is 1. The van der Waals surface area contributed by atoms with Crippen LogP contribution in [0.25, 0.3) is 0 Å². The Kier molecular flexibility index (Phi) is 4.03. The number of amides is 1. The molecule has 4 nitrogen and oxygen atoms in total. The van der Waals surface area contributed by atoms with E-state index in [0.717, 1.165) is 11.3 Å². The Morgan fingerprint density at radius 2 is 1.95 bits per heavy atom. The molecule has 2 aromatic rings. The van der Waals surface area contributed by atoms with Gasteiger partial charge >= 0.3 is 0 Å². The van der Waals surface area contributed by atoms with Crippen molar-refractivity contribution in [3.05, 3.63) is 63.6 Å². The van der Waals surface area contributed by atoms with E-state index in [-0.39, 0.29) is 11.5 Å². The van der Waals surface area contributed by atoms with E-state index in [1.54, 1.807) is 17.9 Å². The maximum absolute atomic E-state index is 12.6. The monoisotopic (exact) mass is 270 g/mol. The Morgan fingerprint density at radius 3 is 2.55 bits per heavy atom. The lowest BCUT2D eigenvalue weighted by Gasteiger charge is -2.21. The van der Waals surface area contributed by atoms with Gasteiger partial charge in [0.25, 0.3) is 5.91 Å². The molecular weight excluding hydrogens is 252 g/mol. The van der Waals surface area contributed by atoms with E-state index < -0.39 is 0 Å². The van der Waals surface area contributed by atoms with Crippen LogP contribution < -0.4 is 10.5 Å². The fraction of sp³-hybridized carbons (Fsp3) is 0.250. The van der Waals surface area contributed by atoms with Crippen LogP contribution in [0, 0.1) is 13.8 Å². The van der Waals surface area contributed by atoms with Crippen molar-refractivity contribution < 1.29 is 4.79 Å². The van der Waals surface area contributed by atoms with Gasteiger partial charge in [-0.1, -0.05) is 12.1 Å². The van der Waals surface area contributed by atoms with Gasteiger partial charge in [0, 0.05) is 29.6 Å². The molecule has 0 aliphatic rings. The van der Waals surface area contributed by atoms with Crippen LogP contribution in [-0.4, -0.2) is 17.4 Å². The van der Waals surface area contributed by atoms with E-state index in [1.165, 1.54) is 6.07 Å². The molecule has 0 atom stereocenters. The molecule has 0 bridgehead atoms. The number of aromatic nitrogens is 1. The number of benzene rings is 1. The number of H-pyrrole nitrogens is 1. The lowest BCUT2D eigenvalue weighted by Crippen LogP contribution is -2.31. The highest BCUT2D eigenvalue weighted by molar-refractivity contribution is 6.06. The van der Waals surface area contributed by atoms with E-state index in [9.17, 15) is 9.59 Å². The minimum absolute atomic E-state index is 0.160. The van der Waals surface area contributed by atoms with Gasteiger partial charge in [-0.05, 0) is 44.5 Å². The third-order valence-electron chi connectivity index (χ3n) is 3.10. The predicted octanol–water partition coefficient (Wildman–Crippen LogP) is 2.66. The molecule has 1 N–H and O–H groups in total. The van der Waals surface area contributed by atoms with Crippen LogP contribution in [0.1, 0.15) is 28.5 Å². The minimum atomic E-state index is -0.256. The number of rotatable bonds is 3. The zero-order valence-corrected chi connectivity index (χ0v) is 11.9. The molecule has 1 heterocycles. The van der Waals surface area contributed by atoms with Crippen molar-refractivity contribution in [2.24, 2.45) is 0 Å². The van der Waals surface area contributed by atoms with Crippen LogP contribution in [0.15, 0.2) is 41.2 Å². The Balaban J connectivity index is 2.41. The number of hydrogen-bond acceptors (Lipinski definition) is 2. The average Bonchev–Trinajstić information content (AvgIpc) is 2.38. The van der Waals surface area contributed by atoms with E-state index in [0.29, 0.717) is 17.8 Å². The lowest BCUT2D eigenvalue weighted by atomic mass is 10.1. The van der Waals surface area contributed by atoms with Crippen LogP contribution >= 0.6 is 0 Å². The van der Waals surface area contributed by atoms with Gasteiger partial charge in [0.15, 0.2) is 0 Å². The van der Waals surface area contributed by atoms with Crippen LogP contribution in [-0.2, 0) is 0 Å². The van der Waals surface area contributed by atoms with Gasteiger partial charge in [-0.25, -0.2) is 0 Å². The third-order valence-corrected chi connectivity index (χ3v) is 3.10. The largest absolute Gasteiger partial charge is 0.326 e. The van der Waals surface area contributed by atoms with E-state index in [4.69, 9.17) is 0 Å². The molecule has 0 unspecified atom stereocenters. The average molecular weight is 270 g/mol.